The Morgan fingerprint density at radius 3 is 1.67 bits per heavy atom. The lowest BCUT2D eigenvalue weighted by Crippen LogP contribution is -2.11. The van der Waals surface area contributed by atoms with Crippen molar-refractivity contribution >= 4 is 24.3 Å². The van der Waals surface area contributed by atoms with Crippen molar-refractivity contribution in [1.82, 2.24) is 9.97 Å². The second-order valence-corrected chi connectivity index (χ2v) is 3.65. The van der Waals surface area contributed by atoms with Gasteiger partial charge >= 0.3 is 11.9 Å². The Hall–Kier alpha value is -2.91. The third kappa shape index (κ3) is 8.51. The van der Waals surface area contributed by atoms with E-state index in [0.717, 1.165) is 7.11 Å². The fraction of sp³-hybridized carbons (Fsp3) is 0.143. The second-order valence-electron chi connectivity index (χ2n) is 3.65. The van der Waals surface area contributed by atoms with Crippen LogP contribution in [0.3, 0.4) is 0 Å². The standard InChI is InChI=1S/C7H7NO3.C6H5NO3.CH4O.ClH/c1-11-7(10)5-3-2-4-6(9)8-5;8-5-3-1-2-4(7-5)6(9)10;1-2;/h2-4H,1H3,(H,8,9);1-3H,(H,7,8)(H,9,10);2H,1H3;1H. The summed E-state index contributed by atoms with van der Waals surface area (Å²) in [6.45, 7) is 0. The zero-order valence-electron chi connectivity index (χ0n) is 12.8. The number of carboxylic acids is 1. The van der Waals surface area contributed by atoms with Gasteiger partial charge in [0.1, 0.15) is 11.4 Å². The van der Waals surface area contributed by atoms with Gasteiger partial charge in [-0.2, -0.15) is 0 Å². The topological polar surface area (TPSA) is 150 Å². The molecular weight excluding hydrogens is 344 g/mol. The van der Waals surface area contributed by atoms with Crippen molar-refractivity contribution in [1.29, 1.82) is 0 Å². The Labute approximate surface area is 142 Å². The number of carbonyl (C=O) groups excluding carboxylic acids is 1. The molecule has 2 aromatic heterocycles. The molecule has 10 heteroatoms. The smallest absolute Gasteiger partial charge is 0.354 e. The van der Waals surface area contributed by atoms with Crippen molar-refractivity contribution < 1.29 is 24.5 Å². The van der Waals surface area contributed by atoms with E-state index < -0.39 is 17.5 Å². The van der Waals surface area contributed by atoms with Crippen LogP contribution in [0, 0.1) is 0 Å². The van der Waals surface area contributed by atoms with Gasteiger partial charge in [0.15, 0.2) is 0 Å². The highest BCUT2D eigenvalue weighted by molar-refractivity contribution is 5.86. The summed E-state index contributed by atoms with van der Waals surface area (Å²) in [4.78, 5) is 46.6. The van der Waals surface area contributed by atoms with E-state index >= 15 is 0 Å². The average molecular weight is 361 g/mol. The van der Waals surface area contributed by atoms with Crippen LogP contribution in [0.4, 0.5) is 0 Å². The van der Waals surface area contributed by atoms with Crippen LogP contribution in [-0.2, 0) is 4.74 Å². The van der Waals surface area contributed by atoms with Crippen molar-refractivity contribution in [3.05, 3.63) is 68.5 Å². The number of aliphatic hydroxyl groups excluding tert-OH is 1. The number of aromatic carboxylic acids is 1. The number of hydrogen-bond donors (Lipinski definition) is 4. The molecule has 24 heavy (non-hydrogen) atoms. The number of hydrogen-bond acceptors (Lipinski definition) is 6. The summed E-state index contributed by atoms with van der Waals surface area (Å²) in [5.74, 6) is -1.67. The molecule has 0 radical (unpaired) electrons. The number of H-pyrrole nitrogens is 2. The number of aromatic amines is 2. The van der Waals surface area contributed by atoms with Crippen LogP contribution in [0.1, 0.15) is 21.0 Å². The van der Waals surface area contributed by atoms with Gasteiger partial charge in [-0.3, -0.25) is 9.59 Å². The number of aromatic nitrogens is 2. The number of esters is 1. The third-order valence-electron chi connectivity index (χ3n) is 2.17. The quantitative estimate of drug-likeness (QED) is 0.561. The predicted molar refractivity (Wildman–Crippen MR) is 87.8 cm³/mol. The van der Waals surface area contributed by atoms with Crippen molar-refractivity contribution in [2.45, 2.75) is 0 Å². The summed E-state index contributed by atoms with van der Waals surface area (Å²) < 4.78 is 4.38. The molecule has 9 nitrogen and oxygen atoms in total. The number of ether oxygens (including phenoxy) is 1. The number of carboxylic acid groups (broad SMARTS) is 1. The Bertz CT molecular complexity index is 755. The molecule has 0 atom stereocenters. The van der Waals surface area contributed by atoms with E-state index in [2.05, 4.69) is 14.7 Å². The summed E-state index contributed by atoms with van der Waals surface area (Å²) in [6.07, 6.45) is 0. The number of pyridine rings is 2. The molecular formula is C14H17ClN2O7. The maximum Gasteiger partial charge on any atom is 0.354 e. The van der Waals surface area contributed by atoms with E-state index in [1.807, 2.05) is 0 Å². The molecule has 0 unspecified atom stereocenters. The van der Waals surface area contributed by atoms with Crippen molar-refractivity contribution in [3.8, 4) is 0 Å². The van der Waals surface area contributed by atoms with Gasteiger partial charge < -0.3 is 24.9 Å². The molecule has 0 aliphatic heterocycles. The molecule has 0 bridgehead atoms. The van der Waals surface area contributed by atoms with Crippen molar-refractivity contribution in [2.75, 3.05) is 14.2 Å². The zero-order chi connectivity index (χ0) is 17.8. The Morgan fingerprint density at radius 1 is 0.917 bits per heavy atom. The molecule has 0 saturated heterocycles. The number of nitrogens with one attached hydrogen (secondary N) is 2. The number of methoxy groups -OCH3 is 1. The Balaban J connectivity index is 0. The molecule has 4 N–H and O–H groups in total. The van der Waals surface area contributed by atoms with E-state index in [1.54, 1.807) is 0 Å². The maximum absolute atomic E-state index is 10.8. The van der Waals surface area contributed by atoms with E-state index in [4.69, 9.17) is 10.2 Å². The van der Waals surface area contributed by atoms with Gasteiger partial charge in [-0.1, -0.05) is 12.1 Å². The number of aliphatic hydroxyl groups is 1. The molecule has 132 valence electrons. The fourth-order valence-corrected chi connectivity index (χ4v) is 1.25. The molecule has 0 aliphatic rings. The lowest BCUT2D eigenvalue weighted by atomic mass is 10.3. The van der Waals surface area contributed by atoms with Crippen LogP contribution >= 0.6 is 12.4 Å². The molecule has 0 amide bonds. The van der Waals surface area contributed by atoms with E-state index in [0.29, 0.717) is 0 Å². The van der Waals surface area contributed by atoms with Crippen LogP contribution in [0.15, 0.2) is 46.0 Å². The number of halogens is 1. The Morgan fingerprint density at radius 2 is 1.33 bits per heavy atom. The summed E-state index contributed by atoms with van der Waals surface area (Å²) in [5.41, 5.74) is -0.639. The van der Waals surface area contributed by atoms with Gasteiger partial charge in [0.25, 0.3) is 0 Å². The van der Waals surface area contributed by atoms with E-state index in [9.17, 15) is 19.2 Å². The molecule has 2 aromatic rings. The zero-order valence-corrected chi connectivity index (χ0v) is 13.6. The normalized spacial score (nSPS) is 8.29. The first kappa shape index (κ1) is 23.4. The molecule has 0 fully saturated rings. The molecule has 2 rings (SSSR count). The minimum Gasteiger partial charge on any atom is -0.477 e. The lowest BCUT2D eigenvalue weighted by molar-refractivity contribution is 0.0592. The first-order valence-corrected chi connectivity index (χ1v) is 6.09. The SMILES string of the molecule is CO.COC(=O)c1cccc(=O)[nH]1.Cl.O=C(O)c1cccc(=O)[nH]1. The van der Waals surface area contributed by atoms with Crippen molar-refractivity contribution in [3.63, 3.8) is 0 Å². The highest BCUT2D eigenvalue weighted by Gasteiger charge is 2.03. The predicted octanol–water partition coefficient (Wildman–Crippen LogP) is 0.265. The van der Waals surface area contributed by atoms with Gasteiger partial charge in [-0.15, -0.1) is 12.4 Å². The van der Waals surface area contributed by atoms with Gasteiger partial charge in [0, 0.05) is 19.2 Å². The number of carbonyl (C=O) groups is 2. The molecule has 0 spiro atoms. The lowest BCUT2D eigenvalue weighted by Gasteiger charge is -1.95. The van der Waals surface area contributed by atoms with Gasteiger partial charge in [0.05, 0.1) is 7.11 Å². The first-order valence-electron chi connectivity index (χ1n) is 6.09. The van der Waals surface area contributed by atoms with Crippen LogP contribution in [0.2, 0.25) is 0 Å². The summed E-state index contributed by atoms with van der Waals surface area (Å²) in [6, 6.07) is 8.27. The monoisotopic (exact) mass is 360 g/mol. The molecule has 2 heterocycles. The highest BCUT2D eigenvalue weighted by Crippen LogP contribution is 1.91. The van der Waals surface area contributed by atoms with Crippen LogP contribution in [-0.4, -0.2) is 46.3 Å². The highest BCUT2D eigenvalue weighted by atomic mass is 35.5. The Kier molecular flexibility index (Phi) is 12.3. The van der Waals surface area contributed by atoms with E-state index in [-0.39, 0.29) is 29.4 Å². The van der Waals surface area contributed by atoms with Gasteiger partial charge in [-0.05, 0) is 12.1 Å². The average Bonchev–Trinajstić information content (AvgIpc) is 2.56. The van der Waals surface area contributed by atoms with Crippen LogP contribution in [0.5, 0.6) is 0 Å². The molecule has 0 aliphatic carbocycles. The maximum atomic E-state index is 10.8. The summed E-state index contributed by atoms with van der Waals surface area (Å²) in [7, 11) is 2.26. The van der Waals surface area contributed by atoms with E-state index in [1.165, 1.54) is 43.5 Å². The largest absolute Gasteiger partial charge is 0.477 e. The molecule has 0 aromatic carbocycles. The number of rotatable bonds is 2. The second kappa shape index (κ2) is 12.6. The fourth-order valence-electron chi connectivity index (χ4n) is 1.25. The van der Waals surface area contributed by atoms with Gasteiger partial charge in [0.2, 0.25) is 11.1 Å². The van der Waals surface area contributed by atoms with Crippen LogP contribution < -0.4 is 11.1 Å². The summed E-state index contributed by atoms with van der Waals surface area (Å²) in [5, 5.41) is 15.3. The third-order valence-corrected chi connectivity index (χ3v) is 2.17. The van der Waals surface area contributed by atoms with Gasteiger partial charge in [-0.25, -0.2) is 9.59 Å². The van der Waals surface area contributed by atoms with Crippen LogP contribution in [0.25, 0.3) is 0 Å². The summed E-state index contributed by atoms with van der Waals surface area (Å²) >= 11 is 0. The minimum absolute atomic E-state index is 0. The molecule has 0 saturated carbocycles. The van der Waals surface area contributed by atoms with Crippen molar-refractivity contribution in [2.24, 2.45) is 0 Å². The first-order chi connectivity index (χ1) is 10.9. The minimum atomic E-state index is -1.13.